The van der Waals surface area contributed by atoms with Gasteiger partial charge in [0.1, 0.15) is 5.82 Å². The molecule has 36 heavy (non-hydrogen) atoms. The summed E-state index contributed by atoms with van der Waals surface area (Å²) >= 11 is 10.7. The minimum Gasteiger partial charge on any atom is -0.342 e. The normalized spacial score (nSPS) is 12.7. The lowest BCUT2D eigenvalue weighted by Gasteiger charge is -2.13. The second-order valence-corrected chi connectivity index (χ2v) is 11.5. The van der Waals surface area contributed by atoms with Crippen LogP contribution in [0.4, 0.5) is 0 Å². The van der Waals surface area contributed by atoms with Gasteiger partial charge in [-0.05, 0) is 48.4 Å². The molecule has 0 aliphatic carbocycles. The second kappa shape index (κ2) is 10.4. The van der Waals surface area contributed by atoms with Gasteiger partial charge in [0.2, 0.25) is 0 Å². The first-order valence-electron chi connectivity index (χ1n) is 11.6. The maximum absolute atomic E-state index is 13.5. The molecule has 0 aliphatic rings. The molecule has 0 unspecified atom stereocenters. The van der Waals surface area contributed by atoms with Gasteiger partial charge in [0.25, 0.3) is 5.56 Å². The van der Waals surface area contributed by atoms with E-state index in [-0.39, 0.29) is 11.5 Å². The van der Waals surface area contributed by atoms with E-state index in [1.165, 1.54) is 10.2 Å². The topological polar surface area (TPSA) is 52.2 Å². The summed E-state index contributed by atoms with van der Waals surface area (Å²) in [6.07, 6.45) is 4.71. The number of hydrogen-bond donors (Lipinski definition) is 0. The van der Waals surface area contributed by atoms with Crippen LogP contribution in [0.25, 0.3) is 21.8 Å². The molecule has 0 aliphatic heterocycles. The van der Waals surface area contributed by atoms with E-state index in [4.69, 9.17) is 10.1 Å². The smallest absolute Gasteiger partial charge is 0.282 e. The molecular weight excluding hydrogens is 648 g/mol. The fourth-order valence-corrected chi connectivity index (χ4v) is 5.77. The number of rotatable bonds is 6. The molecule has 0 bridgehead atoms. The predicted octanol–water partition coefficient (Wildman–Crippen LogP) is 8.08. The van der Waals surface area contributed by atoms with Crippen LogP contribution in [0.2, 0.25) is 0 Å². The molecule has 5 aromatic rings. The highest BCUT2D eigenvalue weighted by Crippen LogP contribution is 2.26. The third kappa shape index (κ3) is 4.86. The van der Waals surface area contributed by atoms with Crippen molar-refractivity contribution in [2.75, 3.05) is 0 Å². The van der Waals surface area contributed by atoms with Crippen LogP contribution in [0.1, 0.15) is 43.1 Å². The van der Waals surface area contributed by atoms with E-state index in [9.17, 15) is 4.79 Å². The van der Waals surface area contributed by atoms with Crippen molar-refractivity contribution in [1.82, 2.24) is 14.2 Å². The van der Waals surface area contributed by atoms with Crippen LogP contribution >= 0.6 is 47.8 Å². The quantitative estimate of drug-likeness (QED) is 0.172. The van der Waals surface area contributed by atoms with Crippen LogP contribution in [0.5, 0.6) is 0 Å². The highest BCUT2D eigenvalue weighted by molar-refractivity contribution is 9.11. The summed E-state index contributed by atoms with van der Waals surface area (Å²) in [5.41, 5.74) is 3.72. The number of hydrogen-bond acceptors (Lipinski definition) is 3. The Balaban J connectivity index is 1.62. The molecule has 0 fully saturated rings. The van der Waals surface area contributed by atoms with Gasteiger partial charge in [0.15, 0.2) is 0 Å². The minimum absolute atomic E-state index is 0.0824. The first-order valence-corrected chi connectivity index (χ1v) is 14.0. The standard InChI is InChI=1S/C28H23Br3N4O/c1-3-17(2)27-33-25-11-10-20(29)12-23(25)28(36)35(27)32-14-19-16-34(26-7-5-4-6-22(19)26)15-18-8-9-21(30)13-24(18)31/h4-14,16-17H,3,15H2,1-2H3/t17-/m0/s1. The molecule has 2 heterocycles. The van der Waals surface area contributed by atoms with Crippen molar-refractivity contribution in [3.05, 3.63) is 108 Å². The molecule has 0 radical (unpaired) electrons. The van der Waals surface area contributed by atoms with Crippen LogP contribution in [-0.2, 0) is 6.54 Å². The van der Waals surface area contributed by atoms with E-state index in [2.05, 4.69) is 96.7 Å². The summed E-state index contributed by atoms with van der Waals surface area (Å²) in [6.45, 7) is 4.86. The van der Waals surface area contributed by atoms with E-state index in [1.807, 2.05) is 30.3 Å². The number of nitrogens with zero attached hydrogens (tertiary/aromatic N) is 4. The molecule has 0 saturated carbocycles. The van der Waals surface area contributed by atoms with Crippen molar-refractivity contribution in [3.63, 3.8) is 0 Å². The van der Waals surface area contributed by atoms with Gasteiger partial charge in [-0.1, -0.05) is 85.9 Å². The molecular formula is C28H23Br3N4O. The van der Waals surface area contributed by atoms with E-state index in [1.54, 1.807) is 12.3 Å². The molecule has 0 spiro atoms. The minimum atomic E-state index is -0.171. The molecule has 5 nitrogen and oxygen atoms in total. The number of fused-ring (bicyclic) bond motifs is 2. The molecule has 8 heteroatoms. The van der Waals surface area contributed by atoms with Crippen LogP contribution in [0, 0.1) is 0 Å². The van der Waals surface area contributed by atoms with Crippen molar-refractivity contribution >= 4 is 75.8 Å². The fraction of sp³-hybridized carbons (Fsp3) is 0.179. The van der Waals surface area contributed by atoms with Crippen LogP contribution < -0.4 is 5.56 Å². The van der Waals surface area contributed by atoms with Crippen molar-refractivity contribution in [3.8, 4) is 0 Å². The van der Waals surface area contributed by atoms with Gasteiger partial charge < -0.3 is 4.57 Å². The second-order valence-electron chi connectivity index (χ2n) is 8.77. The highest BCUT2D eigenvalue weighted by Gasteiger charge is 2.16. The SMILES string of the molecule is CC[C@H](C)c1nc2ccc(Br)cc2c(=O)n1N=Cc1cn(Cc2ccc(Br)cc2Br)c2ccccc12. The van der Waals surface area contributed by atoms with Crippen molar-refractivity contribution < 1.29 is 0 Å². The molecule has 182 valence electrons. The van der Waals surface area contributed by atoms with Gasteiger partial charge in [-0.15, -0.1) is 0 Å². The summed E-state index contributed by atoms with van der Waals surface area (Å²) in [5.74, 6) is 0.745. The Labute approximate surface area is 234 Å². The summed E-state index contributed by atoms with van der Waals surface area (Å²) in [6, 6.07) is 20.0. The van der Waals surface area contributed by atoms with Crippen molar-refractivity contribution in [1.29, 1.82) is 0 Å². The lowest BCUT2D eigenvalue weighted by Crippen LogP contribution is -2.23. The monoisotopic (exact) mass is 668 g/mol. The largest absolute Gasteiger partial charge is 0.342 e. The average molecular weight is 671 g/mol. The number of halogens is 3. The Morgan fingerprint density at radius 1 is 1.00 bits per heavy atom. The Hall–Kier alpha value is -2.55. The zero-order valence-corrected chi connectivity index (χ0v) is 24.5. The van der Waals surface area contributed by atoms with E-state index in [0.29, 0.717) is 23.3 Å². The maximum atomic E-state index is 13.5. The summed E-state index contributed by atoms with van der Waals surface area (Å²) in [5, 5.41) is 6.31. The van der Waals surface area contributed by atoms with Crippen LogP contribution in [0.3, 0.4) is 0 Å². The maximum Gasteiger partial charge on any atom is 0.282 e. The Kier molecular flexibility index (Phi) is 7.28. The van der Waals surface area contributed by atoms with E-state index in [0.717, 1.165) is 36.3 Å². The third-order valence-electron chi connectivity index (χ3n) is 6.37. The number of aromatic nitrogens is 3. The highest BCUT2D eigenvalue weighted by atomic mass is 79.9. The summed E-state index contributed by atoms with van der Waals surface area (Å²) < 4.78 is 6.58. The number of benzene rings is 3. The summed E-state index contributed by atoms with van der Waals surface area (Å²) in [4.78, 5) is 18.3. The molecule has 3 aromatic carbocycles. The third-order valence-corrected chi connectivity index (χ3v) is 8.10. The molecule has 0 amide bonds. The number of para-hydroxylation sites is 1. The van der Waals surface area contributed by atoms with Crippen LogP contribution in [0.15, 0.2) is 90.2 Å². The van der Waals surface area contributed by atoms with Gasteiger partial charge in [0.05, 0.1) is 17.1 Å². The zero-order valence-electron chi connectivity index (χ0n) is 19.8. The molecule has 1 atom stereocenters. The average Bonchev–Trinajstić information content (AvgIpc) is 3.22. The first kappa shape index (κ1) is 25.1. The first-order chi connectivity index (χ1) is 17.4. The Bertz CT molecular complexity index is 1690. The van der Waals surface area contributed by atoms with Gasteiger partial charge >= 0.3 is 0 Å². The van der Waals surface area contributed by atoms with Gasteiger partial charge in [-0.25, -0.2) is 4.98 Å². The molecule has 5 rings (SSSR count). The predicted molar refractivity (Wildman–Crippen MR) is 158 cm³/mol. The Morgan fingerprint density at radius 3 is 2.53 bits per heavy atom. The van der Waals surface area contributed by atoms with E-state index < -0.39 is 0 Å². The van der Waals surface area contributed by atoms with Gasteiger partial charge in [-0.2, -0.15) is 9.78 Å². The zero-order chi connectivity index (χ0) is 25.4. The van der Waals surface area contributed by atoms with Crippen molar-refractivity contribution in [2.45, 2.75) is 32.7 Å². The lowest BCUT2D eigenvalue weighted by atomic mass is 10.1. The van der Waals surface area contributed by atoms with Gasteiger partial charge in [-0.3, -0.25) is 4.79 Å². The van der Waals surface area contributed by atoms with E-state index >= 15 is 0 Å². The fourth-order valence-electron chi connectivity index (χ4n) is 4.24. The van der Waals surface area contributed by atoms with Crippen LogP contribution in [-0.4, -0.2) is 20.4 Å². The lowest BCUT2D eigenvalue weighted by molar-refractivity contribution is 0.613. The molecule has 0 N–H and O–H groups in total. The Morgan fingerprint density at radius 2 is 1.75 bits per heavy atom. The summed E-state index contributed by atoms with van der Waals surface area (Å²) in [7, 11) is 0. The molecule has 0 saturated heterocycles. The van der Waals surface area contributed by atoms with Crippen molar-refractivity contribution in [2.24, 2.45) is 5.10 Å². The molecule has 2 aromatic heterocycles. The van der Waals surface area contributed by atoms with Gasteiger partial charge in [0, 0.05) is 48.5 Å².